The van der Waals surface area contributed by atoms with Gasteiger partial charge in [0.1, 0.15) is 6.10 Å². The molecule has 1 aliphatic heterocycles. The molecule has 0 saturated carbocycles. The van der Waals surface area contributed by atoms with Crippen LogP contribution in [0.1, 0.15) is 27.2 Å². The summed E-state index contributed by atoms with van der Waals surface area (Å²) in [4.78, 5) is 21.9. The van der Waals surface area contributed by atoms with E-state index in [2.05, 4.69) is 5.32 Å². The first-order chi connectivity index (χ1) is 7.40. The van der Waals surface area contributed by atoms with E-state index in [1.54, 1.807) is 6.92 Å². The van der Waals surface area contributed by atoms with E-state index < -0.39 is 30.5 Å². The highest BCUT2D eigenvalue weighted by Gasteiger charge is 2.38. The van der Waals surface area contributed by atoms with Gasteiger partial charge >= 0.3 is 5.97 Å². The molecular weight excluding hydrogens is 214 g/mol. The summed E-state index contributed by atoms with van der Waals surface area (Å²) in [5.41, 5.74) is 0. The lowest BCUT2D eigenvalue weighted by atomic mass is 9.99. The first kappa shape index (κ1) is 12.9. The summed E-state index contributed by atoms with van der Waals surface area (Å²) in [7, 11) is 0. The fraction of sp³-hybridized carbons (Fsp3) is 0.800. The molecule has 0 bridgehead atoms. The molecule has 0 aliphatic carbocycles. The van der Waals surface area contributed by atoms with Crippen LogP contribution in [0.25, 0.3) is 0 Å². The molecule has 16 heavy (non-hydrogen) atoms. The predicted molar refractivity (Wildman–Crippen MR) is 54.3 cm³/mol. The van der Waals surface area contributed by atoms with E-state index in [-0.39, 0.29) is 12.3 Å². The number of aliphatic hydroxyl groups is 1. The topological polar surface area (TPSA) is 84.9 Å². The summed E-state index contributed by atoms with van der Waals surface area (Å²) in [6.45, 7) is 4.35. The SMILES string of the molecule is CC(=O)N[C@H]1C[C@H](O)O[C@@H](C)[C@H]1OC(C)=O. The molecule has 0 aromatic carbocycles. The molecule has 6 heteroatoms. The van der Waals surface area contributed by atoms with Gasteiger partial charge in [-0.2, -0.15) is 0 Å². The van der Waals surface area contributed by atoms with E-state index in [4.69, 9.17) is 9.47 Å². The number of hydrogen-bond acceptors (Lipinski definition) is 5. The van der Waals surface area contributed by atoms with E-state index in [1.165, 1.54) is 13.8 Å². The van der Waals surface area contributed by atoms with Crippen molar-refractivity contribution in [2.45, 2.75) is 51.7 Å². The molecule has 0 aromatic heterocycles. The molecule has 6 nitrogen and oxygen atoms in total. The maximum absolute atomic E-state index is 11.0. The van der Waals surface area contributed by atoms with Crippen molar-refractivity contribution in [1.29, 1.82) is 0 Å². The lowest BCUT2D eigenvalue weighted by Crippen LogP contribution is -2.56. The molecule has 1 aliphatic rings. The quantitative estimate of drug-likeness (QED) is 0.629. The molecule has 1 amide bonds. The zero-order valence-electron chi connectivity index (χ0n) is 9.60. The van der Waals surface area contributed by atoms with E-state index in [1.807, 2.05) is 0 Å². The number of amides is 1. The van der Waals surface area contributed by atoms with E-state index in [9.17, 15) is 14.7 Å². The average Bonchev–Trinajstić information content (AvgIpc) is 2.09. The normalized spacial score (nSPS) is 34.2. The lowest BCUT2D eigenvalue weighted by molar-refractivity contribution is -0.214. The molecule has 1 rings (SSSR count). The minimum absolute atomic E-state index is 0.210. The number of esters is 1. The van der Waals surface area contributed by atoms with Crippen molar-refractivity contribution >= 4 is 11.9 Å². The van der Waals surface area contributed by atoms with Crippen LogP contribution in [0.15, 0.2) is 0 Å². The van der Waals surface area contributed by atoms with Crippen molar-refractivity contribution in [3.8, 4) is 0 Å². The molecule has 4 atom stereocenters. The Morgan fingerprint density at radius 1 is 1.44 bits per heavy atom. The van der Waals surface area contributed by atoms with Crippen molar-refractivity contribution in [2.24, 2.45) is 0 Å². The number of carbonyl (C=O) groups is 2. The maximum atomic E-state index is 11.0. The Morgan fingerprint density at radius 3 is 2.56 bits per heavy atom. The van der Waals surface area contributed by atoms with Crippen LogP contribution in [0.2, 0.25) is 0 Å². The summed E-state index contributed by atoms with van der Waals surface area (Å²) in [5, 5.41) is 12.0. The minimum atomic E-state index is -0.946. The summed E-state index contributed by atoms with van der Waals surface area (Å²) >= 11 is 0. The fourth-order valence-electron chi connectivity index (χ4n) is 1.83. The van der Waals surface area contributed by atoms with Crippen LogP contribution < -0.4 is 5.32 Å². The van der Waals surface area contributed by atoms with Gasteiger partial charge in [-0.1, -0.05) is 0 Å². The van der Waals surface area contributed by atoms with Crippen LogP contribution in [0, 0.1) is 0 Å². The molecule has 0 radical (unpaired) electrons. The largest absolute Gasteiger partial charge is 0.458 e. The highest BCUT2D eigenvalue weighted by atomic mass is 16.6. The molecule has 1 heterocycles. The highest BCUT2D eigenvalue weighted by molar-refractivity contribution is 5.73. The van der Waals surface area contributed by atoms with Gasteiger partial charge in [-0.05, 0) is 6.92 Å². The van der Waals surface area contributed by atoms with Crippen molar-refractivity contribution < 1.29 is 24.2 Å². The van der Waals surface area contributed by atoms with Gasteiger partial charge in [0.05, 0.1) is 12.1 Å². The molecule has 0 spiro atoms. The Morgan fingerprint density at radius 2 is 2.06 bits per heavy atom. The van der Waals surface area contributed by atoms with Crippen LogP contribution in [0.3, 0.4) is 0 Å². The third-order valence-electron chi connectivity index (χ3n) is 2.38. The Kier molecular flexibility index (Phi) is 4.26. The summed E-state index contributed by atoms with van der Waals surface area (Å²) in [6, 6.07) is -0.417. The summed E-state index contributed by atoms with van der Waals surface area (Å²) in [5.74, 6) is -0.671. The fourth-order valence-corrected chi connectivity index (χ4v) is 1.83. The van der Waals surface area contributed by atoms with Gasteiger partial charge in [-0.25, -0.2) is 0 Å². The number of hydrogen-bond donors (Lipinski definition) is 2. The molecular formula is C10H17NO5. The second-order valence-electron chi connectivity index (χ2n) is 3.91. The average molecular weight is 231 g/mol. The Labute approximate surface area is 93.9 Å². The lowest BCUT2D eigenvalue weighted by Gasteiger charge is -2.38. The monoisotopic (exact) mass is 231 g/mol. The standard InChI is InChI=1S/C10H17NO5/c1-5-10(16-7(3)13)8(11-6(2)12)4-9(14)15-5/h5,8-10,14H,4H2,1-3H3,(H,11,12)/t5-,8-,9+,10+/m0/s1. The molecule has 1 fully saturated rings. The number of rotatable bonds is 2. The summed E-state index contributed by atoms with van der Waals surface area (Å²) in [6.07, 6.45) is -1.75. The summed E-state index contributed by atoms with van der Waals surface area (Å²) < 4.78 is 10.2. The first-order valence-corrected chi connectivity index (χ1v) is 5.18. The number of carbonyl (C=O) groups excluding carboxylic acids is 2. The van der Waals surface area contributed by atoms with Crippen LogP contribution in [0.4, 0.5) is 0 Å². The Balaban J connectivity index is 2.71. The first-order valence-electron chi connectivity index (χ1n) is 5.18. The molecule has 2 N–H and O–H groups in total. The van der Waals surface area contributed by atoms with E-state index in [0.29, 0.717) is 0 Å². The maximum Gasteiger partial charge on any atom is 0.303 e. The molecule has 1 saturated heterocycles. The molecule has 92 valence electrons. The smallest absolute Gasteiger partial charge is 0.303 e. The predicted octanol–water partition coefficient (Wildman–Crippen LogP) is -0.450. The second kappa shape index (κ2) is 5.27. The Bertz CT molecular complexity index is 280. The zero-order chi connectivity index (χ0) is 12.3. The van der Waals surface area contributed by atoms with Gasteiger partial charge in [0, 0.05) is 20.3 Å². The van der Waals surface area contributed by atoms with Crippen LogP contribution in [0.5, 0.6) is 0 Å². The van der Waals surface area contributed by atoms with Crippen molar-refractivity contribution in [3.05, 3.63) is 0 Å². The number of ether oxygens (including phenoxy) is 2. The van der Waals surface area contributed by atoms with Gasteiger partial charge < -0.3 is 19.9 Å². The Hall–Kier alpha value is -1.14. The molecule has 0 unspecified atom stereocenters. The van der Waals surface area contributed by atoms with Gasteiger partial charge in [0.2, 0.25) is 5.91 Å². The minimum Gasteiger partial charge on any atom is -0.458 e. The van der Waals surface area contributed by atoms with Crippen molar-refractivity contribution in [3.63, 3.8) is 0 Å². The van der Waals surface area contributed by atoms with Crippen molar-refractivity contribution in [1.82, 2.24) is 5.32 Å². The van der Waals surface area contributed by atoms with Gasteiger partial charge in [0.25, 0.3) is 0 Å². The molecule has 0 aromatic rings. The van der Waals surface area contributed by atoms with Gasteiger partial charge in [0.15, 0.2) is 6.29 Å². The second-order valence-corrected chi connectivity index (χ2v) is 3.91. The van der Waals surface area contributed by atoms with E-state index >= 15 is 0 Å². The van der Waals surface area contributed by atoms with E-state index in [0.717, 1.165) is 0 Å². The van der Waals surface area contributed by atoms with Crippen LogP contribution in [-0.2, 0) is 19.1 Å². The third kappa shape index (κ3) is 3.46. The zero-order valence-corrected chi connectivity index (χ0v) is 9.60. The van der Waals surface area contributed by atoms with Gasteiger partial charge in [-0.3, -0.25) is 9.59 Å². The van der Waals surface area contributed by atoms with Crippen LogP contribution >= 0.6 is 0 Å². The van der Waals surface area contributed by atoms with Gasteiger partial charge in [-0.15, -0.1) is 0 Å². The third-order valence-corrected chi connectivity index (χ3v) is 2.38. The van der Waals surface area contributed by atoms with Crippen LogP contribution in [-0.4, -0.2) is 41.5 Å². The van der Waals surface area contributed by atoms with Crippen molar-refractivity contribution in [2.75, 3.05) is 0 Å². The highest BCUT2D eigenvalue weighted by Crippen LogP contribution is 2.21. The number of aliphatic hydroxyl groups excluding tert-OH is 1. The number of nitrogens with one attached hydrogen (secondary N) is 1.